The van der Waals surface area contributed by atoms with Gasteiger partial charge in [-0.25, -0.2) is 0 Å². The molecule has 0 rings (SSSR count). The Balaban J connectivity index is 4.75. The maximum atomic E-state index is 12.4. The van der Waals surface area contributed by atoms with Crippen LogP contribution >= 0.6 is 0 Å². The van der Waals surface area contributed by atoms with E-state index in [-0.39, 0.29) is 19.4 Å². The van der Waals surface area contributed by atoms with Crippen LogP contribution in [0.25, 0.3) is 0 Å². The quantitative estimate of drug-likeness (QED) is 0.590. The van der Waals surface area contributed by atoms with Crippen LogP contribution < -0.4 is 5.32 Å². The van der Waals surface area contributed by atoms with Crippen LogP contribution in [0.15, 0.2) is 0 Å². The highest BCUT2D eigenvalue weighted by Gasteiger charge is 2.59. The first-order chi connectivity index (χ1) is 7.64. The first-order valence-corrected chi connectivity index (χ1v) is 4.94. The van der Waals surface area contributed by atoms with E-state index in [0.717, 1.165) is 7.05 Å². The lowest BCUT2D eigenvalue weighted by Crippen LogP contribution is -2.50. The van der Waals surface area contributed by atoms with Gasteiger partial charge in [0.15, 0.2) is 5.92 Å². The van der Waals surface area contributed by atoms with E-state index in [9.17, 15) is 26.3 Å². The number of ether oxygens (including phenoxy) is 1. The van der Waals surface area contributed by atoms with E-state index >= 15 is 0 Å². The summed E-state index contributed by atoms with van der Waals surface area (Å²) in [6, 6.07) is -1.69. The Hall–Kier alpha value is -0.500. The highest BCUT2D eigenvalue weighted by Crippen LogP contribution is 2.42. The third-order valence-corrected chi connectivity index (χ3v) is 2.34. The molecule has 0 amide bonds. The van der Waals surface area contributed by atoms with Crippen LogP contribution in [0.4, 0.5) is 26.3 Å². The third kappa shape index (κ3) is 5.58. The molecule has 17 heavy (non-hydrogen) atoms. The van der Waals surface area contributed by atoms with E-state index in [1.165, 1.54) is 7.11 Å². The smallest absolute Gasteiger partial charge is 0.385 e. The summed E-state index contributed by atoms with van der Waals surface area (Å²) in [6.45, 7) is 0.126. The Bertz CT molecular complexity index is 201. The SMILES string of the molecule is CNC(CCCOC)C(C(F)(F)F)C(F)(F)F. The molecular weight excluding hydrogens is 252 g/mol. The second-order valence-corrected chi connectivity index (χ2v) is 3.59. The Morgan fingerprint density at radius 1 is 1.06 bits per heavy atom. The summed E-state index contributed by atoms with van der Waals surface area (Å²) >= 11 is 0. The highest BCUT2D eigenvalue weighted by atomic mass is 19.4. The lowest BCUT2D eigenvalue weighted by Gasteiger charge is -2.30. The van der Waals surface area contributed by atoms with E-state index in [0.29, 0.717) is 0 Å². The second kappa shape index (κ2) is 6.44. The molecule has 1 N–H and O–H groups in total. The van der Waals surface area contributed by atoms with Gasteiger partial charge in [-0.15, -0.1) is 0 Å². The first kappa shape index (κ1) is 16.5. The van der Waals surface area contributed by atoms with Gasteiger partial charge in [0.25, 0.3) is 0 Å². The molecule has 0 saturated carbocycles. The molecule has 0 fully saturated rings. The van der Waals surface area contributed by atoms with Crippen molar-refractivity contribution in [1.29, 1.82) is 0 Å². The van der Waals surface area contributed by atoms with E-state index in [1.807, 2.05) is 0 Å². The molecule has 8 heteroatoms. The molecule has 0 aromatic carbocycles. The molecule has 0 saturated heterocycles. The van der Waals surface area contributed by atoms with E-state index in [2.05, 4.69) is 10.1 Å². The molecule has 2 nitrogen and oxygen atoms in total. The molecule has 0 aliphatic carbocycles. The molecule has 104 valence electrons. The van der Waals surface area contributed by atoms with Crippen LogP contribution in [0, 0.1) is 5.92 Å². The minimum absolute atomic E-state index is 0.126. The van der Waals surface area contributed by atoms with Crippen molar-refractivity contribution >= 4 is 0 Å². The van der Waals surface area contributed by atoms with Crippen molar-refractivity contribution in [2.75, 3.05) is 20.8 Å². The molecule has 0 bridgehead atoms. The van der Waals surface area contributed by atoms with Gasteiger partial charge in [-0.05, 0) is 19.9 Å². The molecule has 0 heterocycles. The topological polar surface area (TPSA) is 21.3 Å². The summed E-state index contributed by atoms with van der Waals surface area (Å²) in [5, 5.41) is 2.08. The molecule has 0 aliphatic rings. The van der Waals surface area contributed by atoms with Crippen molar-refractivity contribution in [2.45, 2.75) is 31.2 Å². The third-order valence-electron chi connectivity index (χ3n) is 2.34. The molecule has 1 unspecified atom stereocenters. The zero-order valence-electron chi connectivity index (χ0n) is 9.45. The predicted molar refractivity (Wildman–Crippen MR) is 49.6 cm³/mol. The second-order valence-electron chi connectivity index (χ2n) is 3.59. The maximum absolute atomic E-state index is 12.4. The number of nitrogens with one attached hydrogen (secondary N) is 1. The van der Waals surface area contributed by atoms with Crippen LogP contribution in [0.2, 0.25) is 0 Å². The van der Waals surface area contributed by atoms with Crippen LogP contribution in [0.1, 0.15) is 12.8 Å². The average Bonchev–Trinajstić information content (AvgIpc) is 2.12. The van der Waals surface area contributed by atoms with Crippen LogP contribution in [0.3, 0.4) is 0 Å². The number of rotatable bonds is 6. The van der Waals surface area contributed by atoms with Crippen LogP contribution in [-0.4, -0.2) is 39.2 Å². The summed E-state index contributed by atoms with van der Waals surface area (Å²) in [5.41, 5.74) is 0. The largest absolute Gasteiger partial charge is 0.401 e. The fourth-order valence-electron chi connectivity index (χ4n) is 1.57. The molecule has 0 spiro atoms. The molecule has 1 atom stereocenters. The number of hydrogen-bond donors (Lipinski definition) is 1. The zero-order chi connectivity index (χ0) is 13.7. The van der Waals surface area contributed by atoms with Gasteiger partial charge in [-0.2, -0.15) is 26.3 Å². The standard InChI is InChI=1S/C9H15F6NO/c1-16-6(4-3-5-17-2)7(8(10,11)12)9(13,14)15/h6-7,16H,3-5H2,1-2H3. The average molecular weight is 267 g/mol. The van der Waals surface area contributed by atoms with Crippen LogP contribution in [-0.2, 0) is 4.74 Å². The molecule has 0 aliphatic heterocycles. The summed E-state index contributed by atoms with van der Waals surface area (Å²) < 4.78 is 78.8. The number of hydrogen-bond acceptors (Lipinski definition) is 2. The molecule has 0 radical (unpaired) electrons. The monoisotopic (exact) mass is 267 g/mol. The van der Waals surface area contributed by atoms with Crippen molar-refractivity contribution in [2.24, 2.45) is 5.92 Å². The van der Waals surface area contributed by atoms with Crippen molar-refractivity contribution in [1.82, 2.24) is 5.32 Å². The predicted octanol–water partition coefficient (Wildman–Crippen LogP) is 2.74. The fraction of sp³-hybridized carbons (Fsp3) is 1.00. The van der Waals surface area contributed by atoms with Gasteiger partial charge in [0, 0.05) is 19.8 Å². The first-order valence-electron chi connectivity index (χ1n) is 4.94. The number of methoxy groups -OCH3 is 1. The summed E-state index contributed by atoms with van der Waals surface area (Å²) in [5.74, 6) is -3.35. The van der Waals surface area contributed by atoms with Crippen molar-refractivity contribution in [3.63, 3.8) is 0 Å². The minimum atomic E-state index is -5.31. The molecular formula is C9H15F6NO. The summed E-state index contributed by atoms with van der Waals surface area (Å²) in [4.78, 5) is 0. The zero-order valence-corrected chi connectivity index (χ0v) is 9.45. The lowest BCUT2D eigenvalue weighted by atomic mass is 9.94. The Morgan fingerprint density at radius 2 is 1.53 bits per heavy atom. The van der Waals surface area contributed by atoms with Gasteiger partial charge in [0.1, 0.15) is 0 Å². The molecule has 0 aromatic heterocycles. The Kier molecular flexibility index (Phi) is 6.25. The van der Waals surface area contributed by atoms with Gasteiger partial charge in [-0.1, -0.05) is 0 Å². The summed E-state index contributed by atoms with van der Waals surface area (Å²) in [7, 11) is 2.42. The van der Waals surface area contributed by atoms with Crippen LogP contribution in [0.5, 0.6) is 0 Å². The maximum Gasteiger partial charge on any atom is 0.401 e. The van der Waals surface area contributed by atoms with E-state index in [4.69, 9.17) is 0 Å². The number of halogens is 6. The van der Waals surface area contributed by atoms with Gasteiger partial charge in [-0.3, -0.25) is 0 Å². The van der Waals surface area contributed by atoms with Gasteiger partial charge in [0.05, 0.1) is 0 Å². The van der Waals surface area contributed by atoms with E-state index in [1.54, 1.807) is 0 Å². The Labute approximate surface area is 95.3 Å². The number of alkyl halides is 6. The highest BCUT2D eigenvalue weighted by molar-refractivity contribution is 4.86. The Morgan fingerprint density at radius 3 is 1.82 bits per heavy atom. The van der Waals surface area contributed by atoms with Gasteiger partial charge in [0.2, 0.25) is 0 Å². The van der Waals surface area contributed by atoms with Crippen molar-refractivity contribution < 1.29 is 31.1 Å². The van der Waals surface area contributed by atoms with E-state index < -0.39 is 24.3 Å². The lowest BCUT2D eigenvalue weighted by molar-refractivity contribution is -0.291. The molecule has 0 aromatic rings. The van der Waals surface area contributed by atoms with Crippen molar-refractivity contribution in [3.05, 3.63) is 0 Å². The van der Waals surface area contributed by atoms with Gasteiger partial charge >= 0.3 is 12.4 Å². The normalized spacial score (nSPS) is 15.4. The minimum Gasteiger partial charge on any atom is -0.385 e. The fourth-order valence-corrected chi connectivity index (χ4v) is 1.57. The van der Waals surface area contributed by atoms with Crippen molar-refractivity contribution in [3.8, 4) is 0 Å². The van der Waals surface area contributed by atoms with Gasteiger partial charge < -0.3 is 10.1 Å². The summed E-state index contributed by atoms with van der Waals surface area (Å²) in [6.07, 6.45) is -10.7.